The van der Waals surface area contributed by atoms with E-state index in [9.17, 15) is 0 Å². The van der Waals surface area contributed by atoms with Gasteiger partial charge in [0.1, 0.15) is 18.1 Å². The maximum absolute atomic E-state index is 5.62. The topological polar surface area (TPSA) is 30.5 Å². The molecule has 108 valence electrons. The Bertz CT molecular complexity index is 316. The molecule has 0 aliphatic rings. The molecule has 0 aromatic heterocycles. The van der Waals surface area contributed by atoms with Crippen molar-refractivity contribution in [2.24, 2.45) is 0 Å². The predicted molar refractivity (Wildman–Crippen MR) is 80.5 cm³/mol. The molecule has 0 unspecified atom stereocenters. The van der Waals surface area contributed by atoms with E-state index in [1.54, 1.807) is 7.11 Å². The van der Waals surface area contributed by atoms with Crippen LogP contribution in [0.25, 0.3) is 0 Å². The Morgan fingerprint density at radius 1 is 0.947 bits per heavy atom. The van der Waals surface area contributed by atoms with Crippen LogP contribution < -0.4 is 14.8 Å². The number of hydrogen-bond acceptors (Lipinski definition) is 3. The lowest BCUT2D eigenvalue weighted by Crippen LogP contribution is -2.22. The number of rotatable bonds is 11. The number of ether oxygens (including phenoxy) is 2. The van der Waals surface area contributed by atoms with Gasteiger partial charge in [-0.05, 0) is 43.7 Å². The second kappa shape index (κ2) is 10.9. The molecule has 0 spiro atoms. The highest BCUT2D eigenvalue weighted by Crippen LogP contribution is 2.16. The zero-order valence-corrected chi connectivity index (χ0v) is 12.4. The maximum Gasteiger partial charge on any atom is 0.119 e. The highest BCUT2D eigenvalue weighted by molar-refractivity contribution is 6.17. The van der Waals surface area contributed by atoms with Gasteiger partial charge in [-0.25, -0.2) is 0 Å². The summed E-state index contributed by atoms with van der Waals surface area (Å²) in [6.45, 7) is 2.61. The Morgan fingerprint density at radius 3 is 2.32 bits per heavy atom. The van der Waals surface area contributed by atoms with E-state index >= 15 is 0 Å². The van der Waals surface area contributed by atoms with Crippen LogP contribution in [0, 0.1) is 0 Å². The van der Waals surface area contributed by atoms with Gasteiger partial charge in [-0.1, -0.05) is 12.8 Å². The van der Waals surface area contributed by atoms with Crippen molar-refractivity contribution in [1.29, 1.82) is 0 Å². The summed E-state index contributed by atoms with van der Waals surface area (Å²) in [4.78, 5) is 0. The van der Waals surface area contributed by atoms with Gasteiger partial charge in [0, 0.05) is 12.4 Å². The van der Waals surface area contributed by atoms with E-state index < -0.39 is 0 Å². The summed E-state index contributed by atoms with van der Waals surface area (Å²) in [6, 6.07) is 7.65. The Morgan fingerprint density at radius 2 is 1.63 bits per heavy atom. The Balaban J connectivity index is 1.95. The molecule has 0 fully saturated rings. The zero-order chi connectivity index (χ0) is 13.8. The SMILES string of the molecule is COc1ccc(OCCNCCCCCCCl)cc1. The van der Waals surface area contributed by atoms with Gasteiger partial charge < -0.3 is 14.8 Å². The van der Waals surface area contributed by atoms with Crippen LogP contribution in [0.2, 0.25) is 0 Å². The molecule has 0 aliphatic carbocycles. The first-order valence-corrected chi connectivity index (χ1v) is 7.44. The monoisotopic (exact) mass is 285 g/mol. The molecule has 0 atom stereocenters. The second-order valence-electron chi connectivity index (χ2n) is 4.38. The molecule has 0 radical (unpaired) electrons. The number of hydrogen-bond donors (Lipinski definition) is 1. The average molecular weight is 286 g/mol. The Hall–Kier alpha value is -0.930. The van der Waals surface area contributed by atoms with Crippen LogP contribution in [0.3, 0.4) is 0 Å². The summed E-state index contributed by atoms with van der Waals surface area (Å²) >= 11 is 5.62. The first-order valence-electron chi connectivity index (χ1n) is 6.90. The molecule has 1 aromatic carbocycles. The molecule has 3 nitrogen and oxygen atoms in total. The normalized spacial score (nSPS) is 10.4. The first kappa shape index (κ1) is 16.1. The van der Waals surface area contributed by atoms with Crippen molar-refractivity contribution in [3.63, 3.8) is 0 Å². The van der Waals surface area contributed by atoms with E-state index in [0.29, 0.717) is 6.61 Å². The van der Waals surface area contributed by atoms with Gasteiger partial charge in [-0.2, -0.15) is 0 Å². The summed E-state index contributed by atoms with van der Waals surface area (Å²) in [5.74, 6) is 2.51. The van der Waals surface area contributed by atoms with Crippen LogP contribution in [0.1, 0.15) is 25.7 Å². The second-order valence-corrected chi connectivity index (χ2v) is 4.76. The minimum Gasteiger partial charge on any atom is -0.497 e. The third kappa shape index (κ3) is 7.96. The molecule has 1 N–H and O–H groups in total. The fraction of sp³-hybridized carbons (Fsp3) is 0.600. The lowest BCUT2D eigenvalue weighted by atomic mass is 10.2. The summed E-state index contributed by atoms with van der Waals surface area (Å²) < 4.78 is 10.7. The lowest BCUT2D eigenvalue weighted by molar-refractivity contribution is 0.313. The van der Waals surface area contributed by atoms with E-state index in [1.807, 2.05) is 24.3 Å². The molecular weight excluding hydrogens is 262 g/mol. The smallest absolute Gasteiger partial charge is 0.119 e. The van der Waals surface area contributed by atoms with E-state index in [4.69, 9.17) is 21.1 Å². The quantitative estimate of drug-likeness (QED) is 0.499. The van der Waals surface area contributed by atoms with Gasteiger partial charge in [0.15, 0.2) is 0 Å². The molecule has 4 heteroatoms. The number of alkyl halides is 1. The van der Waals surface area contributed by atoms with Crippen LogP contribution in [0.4, 0.5) is 0 Å². The standard InChI is InChI=1S/C15H24ClNO2/c1-18-14-6-8-15(9-7-14)19-13-12-17-11-5-3-2-4-10-16/h6-9,17H,2-5,10-13H2,1H3. The van der Waals surface area contributed by atoms with Crippen molar-refractivity contribution in [2.75, 3.05) is 32.7 Å². The summed E-state index contributed by atoms with van der Waals surface area (Å²) in [7, 11) is 1.66. The molecule has 1 aromatic rings. The van der Waals surface area contributed by atoms with Gasteiger partial charge >= 0.3 is 0 Å². The third-order valence-corrected chi connectivity index (χ3v) is 3.11. The lowest BCUT2D eigenvalue weighted by Gasteiger charge is -2.08. The molecule has 0 amide bonds. The minimum atomic E-state index is 0.689. The number of unbranched alkanes of at least 4 members (excludes halogenated alkanes) is 3. The number of methoxy groups -OCH3 is 1. The van der Waals surface area contributed by atoms with Crippen LogP contribution in [0.5, 0.6) is 11.5 Å². The zero-order valence-electron chi connectivity index (χ0n) is 11.7. The number of nitrogens with one attached hydrogen (secondary N) is 1. The Kier molecular flexibility index (Phi) is 9.29. The van der Waals surface area contributed by atoms with Crippen molar-refractivity contribution in [3.05, 3.63) is 24.3 Å². The maximum atomic E-state index is 5.62. The highest BCUT2D eigenvalue weighted by Gasteiger charge is 1.95. The van der Waals surface area contributed by atoms with E-state index in [1.165, 1.54) is 19.3 Å². The number of halogens is 1. The summed E-state index contributed by atoms with van der Waals surface area (Å²) in [5, 5.41) is 3.37. The molecule has 0 saturated heterocycles. The van der Waals surface area contributed by atoms with Crippen molar-refractivity contribution < 1.29 is 9.47 Å². The van der Waals surface area contributed by atoms with E-state index in [0.717, 1.165) is 36.9 Å². The summed E-state index contributed by atoms with van der Waals surface area (Å²) in [6.07, 6.45) is 4.81. The molecule has 1 rings (SSSR count). The molecule has 0 heterocycles. The molecule has 0 saturated carbocycles. The minimum absolute atomic E-state index is 0.689. The van der Waals surface area contributed by atoms with Crippen LogP contribution >= 0.6 is 11.6 Å². The third-order valence-electron chi connectivity index (χ3n) is 2.84. The van der Waals surface area contributed by atoms with Gasteiger partial charge in [-0.3, -0.25) is 0 Å². The van der Waals surface area contributed by atoms with Gasteiger partial charge in [-0.15, -0.1) is 11.6 Å². The van der Waals surface area contributed by atoms with Gasteiger partial charge in [0.2, 0.25) is 0 Å². The molecular formula is C15H24ClNO2. The van der Waals surface area contributed by atoms with Crippen LogP contribution in [0.15, 0.2) is 24.3 Å². The van der Waals surface area contributed by atoms with Crippen molar-refractivity contribution >= 4 is 11.6 Å². The summed E-state index contributed by atoms with van der Waals surface area (Å²) in [5.41, 5.74) is 0. The van der Waals surface area contributed by atoms with Crippen molar-refractivity contribution in [2.45, 2.75) is 25.7 Å². The van der Waals surface area contributed by atoms with E-state index in [-0.39, 0.29) is 0 Å². The highest BCUT2D eigenvalue weighted by atomic mass is 35.5. The van der Waals surface area contributed by atoms with Crippen molar-refractivity contribution in [1.82, 2.24) is 5.32 Å². The largest absolute Gasteiger partial charge is 0.497 e. The van der Waals surface area contributed by atoms with Gasteiger partial charge in [0.05, 0.1) is 7.11 Å². The average Bonchev–Trinajstić information content (AvgIpc) is 2.46. The van der Waals surface area contributed by atoms with Crippen molar-refractivity contribution in [3.8, 4) is 11.5 Å². The first-order chi connectivity index (χ1) is 9.36. The predicted octanol–water partition coefficient (Wildman–Crippen LogP) is 3.46. The number of benzene rings is 1. The fourth-order valence-electron chi connectivity index (χ4n) is 1.74. The van der Waals surface area contributed by atoms with Gasteiger partial charge in [0.25, 0.3) is 0 Å². The van der Waals surface area contributed by atoms with Crippen LogP contribution in [-0.2, 0) is 0 Å². The molecule has 0 aliphatic heterocycles. The molecule has 19 heavy (non-hydrogen) atoms. The molecule has 0 bridgehead atoms. The fourth-order valence-corrected chi connectivity index (χ4v) is 1.93. The van der Waals surface area contributed by atoms with E-state index in [2.05, 4.69) is 5.32 Å². The van der Waals surface area contributed by atoms with Crippen LogP contribution in [-0.4, -0.2) is 32.7 Å². The Labute approximate surface area is 121 Å².